The number of halogens is 2. The van der Waals surface area contributed by atoms with Gasteiger partial charge in [0.1, 0.15) is 0 Å². The zero-order valence-corrected chi connectivity index (χ0v) is 10.7. The maximum absolute atomic E-state index is 12.2. The lowest BCUT2D eigenvalue weighted by molar-refractivity contribution is 0.0975. The topological polar surface area (TPSA) is 34.1 Å². The van der Waals surface area contributed by atoms with Crippen LogP contribution in [-0.4, -0.2) is 23.3 Å². The van der Waals surface area contributed by atoms with E-state index < -0.39 is 0 Å². The molecule has 0 saturated heterocycles. The SMILES string of the molecule is Cc1ccc2c(c1)C(=O)C(CCl)=C(CCl)C2=O. The van der Waals surface area contributed by atoms with E-state index in [1.807, 2.05) is 13.0 Å². The van der Waals surface area contributed by atoms with Gasteiger partial charge in [-0.2, -0.15) is 0 Å². The lowest BCUT2D eigenvalue weighted by Gasteiger charge is -2.18. The Morgan fingerprint density at radius 3 is 2.00 bits per heavy atom. The number of hydrogen-bond acceptors (Lipinski definition) is 2. The zero-order chi connectivity index (χ0) is 12.6. The van der Waals surface area contributed by atoms with Crippen molar-refractivity contribution < 1.29 is 9.59 Å². The first-order valence-electron chi connectivity index (χ1n) is 5.14. The number of ketones is 2. The fraction of sp³-hybridized carbons (Fsp3) is 0.231. The second-order valence-corrected chi connectivity index (χ2v) is 4.47. The molecule has 1 aromatic carbocycles. The molecule has 0 atom stereocenters. The van der Waals surface area contributed by atoms with Gasteiger partial charge in [-0.05, 0) is 13.0 Å². The number of Topliss-reactive ketones (excluding diaryl/α,β-unsaturated/α-hetero) is 2. The minimum Gasteiger partial charge on any atom is -0.289 e. The van der Waals surface area contributed by atoms with E-state index in [4.69, 9.17) is 23.2 Å². The van der Waals surface area contributed by atoms with Gasteiger partial charge in [-0.3, -0.25) is 9.59 Å². The number of carbonyl (C=O) groups is 2. The van der Waals surface area contributed by atoms with Crippen molar-refractivity contribution >= 4 is 34.8 Å². The molecule has 2 rings (SSSR count). The van der Waals surface area contributed by atoms with Crippen molar-refractivity contribution in [3.05, 3.63) is 46.0 Å². The normalized spacial score (nSPS) is 15.2. The number of benzene rings is 1. The smallest absolute Gasteiger partial charge is 0.191 e. The standard InChI is InChI=1S/C13H10Cl2O2/c1-7-2-3-8-9(4-7)13(17)11(6-15)10(5-14)12(8)16/h2-4H,5-6H2,1H3. The monoisotopic (exact) mass is 268 g/mol. The van der Waals surface area contributed by atoms with Crippen LogP contribution in [0.4, 0.5) is 0 Å². The second kappa shape index (κ2) is 4.63. The van der Waals surface area contributed by atoms with Crippen LogP contribution in [0.5, 0.6) is 0 Å². The molecule has 0 aromatic heterocycles. The molecule has 0 N–H and O–H groups in total. The molecule has 0 heterocycles. The minimum absolute atomic E-state index is 0.0138. The molecule has 2 nitrogen and oxygen atoms in total. The summed E-state index contributed by atoms with van der Waals surface area (Å²) in [4.78, 5) is 24.3. The van der Waals surface area contributed by atoms with Crippen molar-refractivity contribution in [2.24, 2.45) is 0 Å². The Balaban J connectivity index is 2.68. The van der Waals surface area contributed by atoms with Crippen molar-refractivity contribution in [3.8, 4) is 0 Å². The van der Waals surface area contributed by atoms with Crippen molar-refractivity contribution in [1.82, 2.24) is 0 Å². The average molecular weight is 269 g/mol. The van der Waals surface area contributed by atoms with E-state index in [0.717, 1.165) is 5.56 Å². The summed E-state index contributed by atoms with van der Waals surface area (Å²) in [5.41, 5.74) is 2.44. The van der Waals surface area contributed by atoms with Gasteiger partial charge in [0.05, 0.1) is 11.8 Å². The van der Waals surface area contributed by atoms with E-state index in [1.165, 1.54) is 0 Å². The minimum atomic E-state index is -0.190. The summed E-state index contributed by atoms with van der Waals surface area (Å²) in [7, 11) is 0. The number of hydrogen-bond donors (Lipinski definition) is 0. The molecule has 0 spiro atoms. The van der Waals surface area contributed by atoms with E-state index in [2.05, 4.69) is 0 Å². The lowest BCUT2D eigenvalue weighted by atomic mass is 9.84. The Bertz CT molecular complexity index is 544. The van der Waals surface area contributed by atoms with Gasteiger partial charge in [0.15, 0.2) is 11.6 Å². The Labute approximate surface area is 109 Å². The highest BCUT2D eigenvalue weighted by Crippen LogP contribution is 2.28. The van der Waals surface area contributed by atoms with Gasteiger partial charge in [0, 0.05) is 22.3 Å². The van der Waals surface area contributed by atoms with Crippen molar-refractivity contribution in [3.63, 3.8) is 0 Å². The maximum Gasteiger partial charge on any atom is 0.191 e. The van der Waals surface area contributed by atoms with Gasteiger partial charge < -0.3 is 0 Å². The summed E-state index contributed by atoms with van der Waals surface area (Å²) in [5, 5.41) is 0. The third kappa shape index (κ3) is 1.92. The zero-order valence-electron chi connectivity index (χ0n) is 9.22. The number of aryl methyl sites for hydroxylation is 1. The number of fused-ring (bicyclic) bond motifs is 1. The lowest BCUT2D eigenvalue weighted by Crippen LogP contribution is -2.24. The summed E-state index contributed by atoms with van der Waals surface area (Å²) >= 11 is 11.5. The van der Waals surface area contributed by atoms with Crippen LogP contribution in [0.15, 0.2) is 29.3 Å². The first kappa shape index (κ1) is 12.3. The summed E-state index contributed by atoms with van der Waals surface area (Å²) in [6.45, 7) is 1.87. The van der Waals surface area contributed by atoms with E-state index in [0.29, 0.717) is 22.3 Å². The summed E-state index contributed by atoms with van der Waals surface area (Å²) in [5.74, 6) is -0.348. The van der Waals surface area contributed by atoms with Crippen LogP contribution in [-0.2, 0) is 0 Å². The van der Waals surface area contributed by atoms with Crippen LogP contribution in [0.2, 0.25) is 0 Å². The molecule has 17 heavy (non-hydrogen) atoms. The Morgan fingerprint density at radius 2 is 1.47 bits per heavy atom. The van der Waals surface area contributed by atoms with E-state index in [9.17, 15) is 9.59 Å². The van der Waals surface area contributed by atoms with Crippen LogP contribution in [0.3, 0.4) is 0 Å². The van der Waals surface area contributed by atoms with Gasteiger partial charge in [-0.1, -0.05) is 17.7 Å². The molecule has 0 aliphatic heterocycles. The van der Waals surface area contributed by atoms with E-state index in [-0.39, 0.29) is 23.3 Å². The molecular weight excluding hydrogens is 259 g/mol. The quantitative estimate of drug-likeness (QED) is 0.773. The largest absolute Gasteiger partial charge is 0.289 e. The molecular formula is C13H10Cl2O2. The fourth-order valence-corrected chi connectivity index (χ4v) is 2.49. The van der Waals surface area contributed by atoms with E-state index >= 15 is 0 Å². The van der Waals surface area contributed by atoms with E-state index in [1.54, 1.807) is 12.1 Å². The third-order valence-corrected chi connectivity index (χ3v) is 3.38. The molecule has 0 amide bonds. The predicted molar refractivity (Wildman–Crippen MR) is 68.3 cm³/mol. The number of alkyl halides is 2. The number of carbonyl (C=O) groups excluding carboxylic acids is 2. The van der Waals surface area contributed by atoms with Gasteiger partial charge >= 0.3 is 0 Å². The van der Waals surface area contributed by atoms with Gasteiger partial charge in [-0.25, -0.2) is 0 Å². The molecule has 4 heteroatoms. The highest BCUT2D eigenvalue weighted by molar-refractivity contribution is 6.35. The van der Waals surface area contributed by atoms with Crippen LogP contribution in [0.25, 0.3) is 0 Å². The Kier molecular flexibility index (Phi) is 3.36. The highest BCUT2D eigenvalue weighted by Gasteiger charge is 2.30. The van der Waals surface area contributed by atoms with Crippen molar-refractivity contribution in [2.75, 3.05) is 11.8 Å². The predicted octanol–water partition coefficient (Wildman–Crippen LogP) is 3.15. The third-order valence-electron chi connectivity index (χ3n) is 2.84. The first-order valence-corrected chi connectivity index (χ1v) is 6.21. The van der Waals surface area contributed by atoms with Crippen LogP contribution in [0, 0.1) is 6.92 Å². The molecule has 0 fully saturated rings. The van der Waals surface area contributed by atoms with Gasteiger partial charge in [0.2, 0.25) is 0 Å². The van der Waals surface area contributed by atoms with Crippen molar-refractivity contribution in [2.45, 2.75) is 6.92 Å². The summed E-state index contributed by atoms with van der Waals surface area (Å²) < 4.78 is 0. The van der Waals surface area contributed by atoms with Crippen LogP contribution < -0.4 is 0 Å². The number of allylic oxidation sites excluding steroid dienone is 2. The highest BCUT2D eigenvalue weighted by atomic mass is 35.5. The van der Waals surface area contributed by atoms with Gasteiger partial charge in [-0.15, -0.1) is 23.2 Å². The molecule has 0 saturated carbocycles. The molecule has 1 aromatic rings. The van der Waals surface area contributed by atoms with Crippen LogP contribution >= 0.6 is 23.2 Å². The van der Waals surface area contributed by atoms with Crippen molar-refractivity contribution in [1.29, 1.82) is 0 Å². The van der Waals surface area contributed by atoms with Gasteiger partial charge in [0.25, 0.3) is 0 Å². The Morgan fingerprint density at radius 1 is 0.941 bits per heavy atom. The second-order valence-electron chi connectivity index (χ2n) is 3.93. The molecule has 1 aliphatic carbocycles. The molecule has 0 unspecified atom stereocenters. The average Bonchev–Trinajstić information content (AvgIpc) is 2.33. The number of rotatable bonds is 2. The maximum atomic E-state index is 12.2. The summed E-state index contributed by atoms with van der Waals surface area (Å²) in [6.07, 6.45) is 0. The first-order chi connectivity index (χ1) is 8.10. The summed E-state index contributed by atoms with van der Waals surface area (Å²) in [6, 6.07) is 5.19. The van der Waals surface area contributed by atoms with Crippen LogP contribution in [0.1, 0.15) is 26.3 Å². The molecule has 88 valence electrons. The molecule has 1 aliphatic rings. The molecule has 0 radical (unpaired) electrons. The fourth-order valence-electron chi connectivity index (χ4n) is 1.93. The Hall–Kier alpha value is -1.12. The molecule has 0 bridgehead atoms.